The summed E-state index contributed by atoms with van der Waals surface area (Å²) in [6.45, 7) is 5.43. The Bertz CT molecular complexity index is 272. The van der Waals surface area contributed by atoms with Gasteiger partial charge in [-0.2, -0.15) is 0 Å². The van der Waals surface area contributed by atoms with Gasteiger partial charge in [0.05, 0.1) is 0 Å². The van der Waals surface area contributed by atoms with Crippen molar-refractivity contribution >= 4 is 11.8 Å². The molecule has 1 saturated carbocycles. The van der Waals surface area contributed by atoms with E-state index in [1.807, 2.05) is 18.7 Å². The molecule has 2 aliphatic rings. The summed E-state index contributed by atoms with van der Waals surface area (Å²) in [5.74, 6) is 1.22. The lowest BCUT2D eigenvalue weighted by atomic mass is 10.0. The van der Waals surface area contributed by atoms with Crippen molar-refractivity contribution in [1.29, 1.82) is 0 Å². The molecule has 0 unspecified atom stereocenters. The molecule has 1 aliphatic heterocycles. The number of hydrogen-bond acceptors (Lipinski definition) is 2. The number of ketones is 1. The standard InChI is InChI=1S/C11H18N2O2/c1-7(2)12-11(15)13-5-8-3-10(14)4-9(8)6-13/h7-9H,3-6H2,1-2H3,(H,12,15)/t8-,9+. The number of carbonyl (C=O) groups excluding carboxylic acids is 2. The molecule has 2 atom stereocenters. The molecule has 1 aliphatic carbocycles. The zero-order valence-electron chi connectivity index (χ0n) is 9.32. The van der Waals surface area contributed by atoms with Crippen molar-refractivity contribution in [2.24, 2.45) is 11.8 Å². The average Bonchev–Trinajstić information content (AvgIpc) is 2.58. The van der Waals surface area contributed by atoms with Gasteiger partial charge in [-0.3, -0.25) is 4.79 Å². The number of carbonyl (C=O) groups is 2. The van der Waals surface area contributed by atoms with Crippen LogP contribution in [-0.4, -0.2) is 35.8 Å². The maximum absolute atomic E-state index is 11.7. The molecule has 1 N–H and O–H groups in total. The van der Waals surface area contributed by atoms with Gasteiger partial charge in [0.25, 0.3) is 0 Å². The van der Waals surface area contributed by atoms with Crippen molar-refractivity contribution in [3.8, 4) is 0 Å². The molecule has 0 radical (unpaired) electrons. The van der Waals surface area contributed by atoms with Gasteiger partial charge in [0.1, 0.15) is 5.78 Å². The van der Waals surface area contributed by atoms with E-state index in [1.165, 1.54) is 0 Å². The summed E-state index contributed by atoms with van der Waals surface area (Å²) in [6.07, 6.45) is 1.35. The minimum Gasteiger partial charge on any atom is -0.336 e. The summed E-state index contributed by atoms with van der Waals surface area (Å²) < 4.78 is 0. The Labute approximate surface area is 90.0 Å². The van der Waals surface area contributed by atoms with E-state index in [9.17, 15) is 9.59 Å². The van der Waals surface area contributed by atoms with Gasteiger partial charge in [0.15, 0.2) is 0 Å². The topological polar surface area (TPSA) is 49.4 Å². The Morgan fingerprint density at radius 1 is 1.33 bits per heavy atom. The van der Waals surface area contributed by atoms with Gasteiger partial charge in [-0.25, -0.2) is 4.79 Å². The zero-order valence-corrected chi connectivity index (χ0v) is 9.32. The molecular formula is C11H18N2O2. The summed E-state index contributed by atoms with van der Waals surface area (Å²) >= 11 is 0. The normalized spacial score (nSPS) is 29.8. The number of amides is 2. The van der Waals surface area contributed by atoms with Crippen molar-refractivity contribution in [2.45, 2.75) is 32.7 Å². The minimum absolute atomic E-state index is 0.0202. The van der Waals surface area contributed by atoms with Crippen LogP contribution in [0.4, 0.5) is 4.79 Å². The monoisotopic (exact) mass is 210 g/mol. The first kappa shape index (κ1) is 10.5. The van der Waals surface area contributed by atoms with E-state index >= 15 is 0 Å². The Morgan fingerprint density at radius 3 is 2.33 bits per heavy atom. The second kappa shape index (κ2) is 3.83. The Balaban J connectivity index is 1.89. The maximum atomic E-state index is 11.7. The number of hydrogen-bond donors (Lipinski definition) is 1. The molecule has 2 rings (SSSR count). The lowest BCUT2D eigenvalue weighted by Crippen LogP contribution is -2.42. The van der Waals surface area contributed by atoms with Gasteiger partial charge in [-0.05, 0) is 25.7 Å². The van der Waals surface area contributed by atoms with Gasteiger partial charge in [-0.15, -0.1) is 0 Å². The predicted molar refractivity (Wildman–Crippen MR) is 56.5 cm³/mol. The van der Waals surface area contributed by atoms with Gasteiger partial charge in [0.2, 0.25) is 0 Å². The van der Waals surface area contributed by atoms with E-state index in [0.29, 0.717) is 30.5 Å². The van der Waals surface area contributed by atoms with Crippen LogP contribution < -0.4 is 5.32 Å². The first-order valence-corrected chi connectivity index (χ1v) is 5.63. The fraction of sp³-hybridized carbons (Fsp3) is 0.818. The molecule has 4 nitrogen and oxygen atoms in total. The van der Waals surface area contributed by atoms with Crippen LogP contribution in [0.2, 0.25) is 0 Å². The van der Waals surface area contributed by atoms with Gasteiger partial charge in [-0.1, -0.05) is 0 Å². The second-order valence-electron chi connectivity index (χ2n) is 4.98. The molecule has 15 heavy (non-hydrogen) atoms. The molecule has 2 fully saturated rings. The average molecular weight is 210 g/mol. The number of urea groups is 1. The van der Waals surface area contributed by atoms with E-state index in [1.54, 1.807) is 0 Å². The summed E-state index contributed by atoms with van der Waals surface area (Å²) in [7, 11) is 0. The van der Waals surface area contributed by atoms with Crippen molar-refractivity contribution < 1.29 is 9.59 Å². The fourth-order valence-electron chi connectivity index (χ4n) is 2.57. The van der Waals surface area contributed by atoms with E-state index in [4.69, 9.17) is 0 Å². The zero-order chi connectivity index (χ0) is 11.0. The van der Waals surface area contributed by atoms with Crippen molar-refractivity contribution in [3.63, 3.8) is 0 Å². The Morgan fingerprint density at radius 2 is 1.87 bits per heavy atom. The molecule has 0 aromatic carbocycles. The lowest BCUT2D eigenvalue weighted by molar-refractivity contribution is -0.117. The van der Waals surface area contributed by atoms with Crippen LogP contribution in [0.3, 0.4) is 0 Å². The summed E-state index contributed by atoms with van der Waals surface area (Å²) in [4.78, 5) is 24.7. The van der Waals surface area contributed by atoms with Gasteiger partial charge < -0.3 is 10.2 Å². The highest BCUT2D eigenvalue weighted by Gasteiger charge is 2.41. The largest absolute Gasteiger partial charge is 0.336 e. The number of Topliss-reactive ketones (excluding diaryl/α,β-unsaturated/α-hetero) is 1. The SMILES string of the molecule is CC(C)NC(=O)N1C[C@H]2CC(=O)C[C@H]2C1. The second-order valence-corrected chi connectivity index (χ2v) is 4.98. The molecule has 0 aromatic heterocycles. The smallest absolute Gasteiger partial charge is 0.317 e. The first-order chi connectivity index (χ1) is 7.06. The van der Waals surface area contributed by atoms with Crippen LogP contribution >= 0.6 is 0 Å². The first-order valence-electron chi connectivity index (χ1n) is 5.63. The fourth-order valence-corrected chi connectivity index (χ4v) is 2.57. The molecule has 0 aromatic rings. The quantitative estimate of drug-likeness (QED) is 0.702. The molecular weight excluding hydrogens is 192 g/mol. The van der Waals surface area contributed by atoms with E-state index in [0.717, 1.165) is 13.1 Å². The van der Waals surface area contributed by atoms with Crippen LogP contribution in [0.1, 0.15) is 26.7 Å². The number of likely N-dealkylation sites (tertiary alicyclic amines) is 1. The van der Waals surface area contributed by atoms with E-state index in [-0.39, 0.29) is 12.1 Å². The maximum Gasteiger partial charge on any atom is 0.317 e. The van der Waals surface area contributed by atoms with Crippen LogP contribution in [0.15, 0.2) is 0 Å². The number of nitrogens with zero attached hydrogens (tertiary/aromatic N) is 1. The molecule has 0 spiro atoms. The number of rotatable bonds is 1. The molecule has 0 bridgehead atoms. The highest BCUT2D eigenvalue weighted by molar-refractivity contribution is 5.82. The van der Waals surface area contributed by atoms with Crippen LogP contribution in [0, 0.1) is 11.8 Å². The molecule has 84 valence electrons. The Hall–Kier alpha value is -1.06. The van der Waals surface area contributed by atoms with Gasteiger partial charge in [0, 0.05) is 32.0 Å². The van der Waals surface area contributed by atoms with Crippen molar-refractivity contribution in [3.05, 3.63) is 0 Å². The highest BCUT2D eigenvalue weighted by atomic mass is 16.2. The lowest BCUT2D eigenvalue weighted by Gasteiger charge is -2.19. The van der Waals surface area contributed by atoms with E-state index < -0.39 is 0 Å². The predicted octanol–water partition coefficient (Wildman–Crippen LogP) is 1.02. The van der Waals surface area contributed by atoms with Crippen molar-refractivity contribution in [2.75, 3.05) is 13.1 Å². The Kier molecular flexibility index (Phi) is 2.67. The van der Waals surface area contributed by atoms with Crippen LogP contribution in [0.5, 0.6) is 0 Å². The number of nitrogens with one attached hydrogen (secondary N) is 1. The van der Waals surface area contributed by atoms with Crippen molar-refractivity contribution in [1.82, 2.24) is 10.2 Å². The molecule has 2 amide bonds. The summed E-state index contributed by atoms with van der Waals surface area (Å²) in [5, 5.41) is 2.89. The third-order valence-electron chi connectivity index (χ3n) is 3.26. The number of fused-ring (bicyclic) bond motifs is 1. The minimum atomic E-state index is 0.0202. The van der Waals surface area contributed by atoms with Gasteiger partial charge >= 0.3 is 6.03 Å². The third kappa shape index (κ3) is 2.13. The third-order valence-corrected chi connectivity index (χ3v) is 3.26. The highest BCUT2D eigenvalue weighted by Crippen LogP contribution is 2.35. The van der Waals surface area contributed by atoms with Crippen LogP contribution in [0.25, 0.3) is 0 Å². The summed E-state index contributed by atoms with van der Waals surface area (Å²) in [5.41, 5.74) is 0. The molecule has 1 heterocycles. The summed E-state index contributed by atoms with van der Waals surface area (Å²) in [6, 6.07) is 0.200. The molecule has 1 saturated heterocycles. The van der Waals surface area contributed by atoms with E-state index in [2.05, 4.69) is 5.32 Å². The molecule has 4 heteroatoms. The van der Waals surface area contributed by atoms with Crippen LogP contribution in [-0.2, 0) is 4.79 Å².